The molecule has 1 aromatic rings. The predicted octanol–water partition coefficient (Wildman–Crippen LogP) is 2.74. The van der Waals surface area contributed by atoms with Crippen molar-refractivity contribution in [3.8, 4) is 5.75 Å². The first-order chi connectivity index (χ1) is 9.66. The lowest BCUT2D eigenvalue weighted by molar-refractivity contribution is -0.133. The van der Waals surface area contributed by atoms with Crippen molar-refractivity contribution < 1.29 is 9.53 Å². The monoisotopic (exact) mass is 332 g/mol. The van der Waals surface area contributed by atoms with E-state index in [1.165, 1.54) is 0 Å². The molecule has 6 heteroatoms. The fourth-order valence-corrected chi connectivity index (χ4v) is 2.40. The number of piperidine rings is 1. The van der Waals surface area contributed by atoms with Crippen molar-refractivity contribution in [2.75, 3.05) is 26.7 Å². The van der Waals surface area contributed by atoms with Gasteiger partial charge in [-0.25, -0.2) is 0 Å². The molecule has 4 nitrogen and oxygen atoms in total. The van der Waals surface area contributed by atoms with E-state index < -0.39 is 0 Å². The van der Waals surface area contributed by atoms with Crippen LogP contribution in [0.4, 0.5) is 0 Å². The van der Waals surface area contributed by atoms with Crippen molar-refractivity contribution in [1.82, 2.24) is 10.2 Å². The van der Waals surface area contributed by atoms with Crippen LogP contribution in [0.25, 0.3) is 0 Å². The molecule has 1 saturated heterocycles. The quantitative estimate of drug-likeness (QED) is 0.901. The number of benzene rings is 1. The molecule has 1 fully saturated rings. The highest BCUT2D eigenvalue weighted by Crippen LogP contribution is 2.15. The molecule has 1 heterocycles. The summed E-state index contributed by atoms with van der Waals surface area (Å²) in [6.45, 7) is 2.00. The van der Waals surface area contributed by atoms with Crippen molar-refractivity contribution in [3.63, 3.8) is 0 Å². The van der Waals surface area contributed by atoms with E-state index in [1.807, 2.05) is 19.2 Å². The van der Waals surface area contributed by atoms with E-state index in [1.54, 1.807) is 17.0 Å². The lowest BCUT2D eigenvalue weighted by atomic mass is 10.0. The average Bonchev–Trinajstić information content (AvgIpc) is 2.49. The minimum Gasteiger partial charge on any atom is -0.492 e. The standard InChI is InChI=1S/C15H21ClN2O2.ClH/c1-18(15(19)14-4-2-3-9-17-14)10-11-20-13-7-5-12(16)6-8-13;/h5-8,14,17H,2-4,9-11H2,1H3;1H. The van der Waals surface area contributed by atoms with Crippen LogP contribution in [0.2, 0.25) is 5.02 Å². The molecule has 1 aliphatic heterocycles. The van der Waals surface area contributed by atoms with Crippen LogP contribution in [0, 0.1) is 0 Å². The van der Waals surface area contributed by atoms with Crippen LogP contribution in [0.1, 0.15) is 19.3 Å². The number of rotatable bonds is 5. The molecular weight excluding hydrogens is 311 g/mol. The highest BCUT2D eigenvalue weighted by Gasteiger charge is 2.23. The van der Waals surface area contributed by atoms with E-state index in [2.05, 4.69) is 5.32 Å². The summed E-state index contributed by atoms with van der Waals surface area (Å²) in [5.41, 5.74) is 0. The van der Waals surface area contributed by atoms with Crippen LogP contribution in [-0.4, -0.2) is 43.6 Å². The summed E-state index contributed by atoms with van der Waals surface area (Å²) in [5.74, 6) is 0.926. The largest absolute Gasteiger partial charge is 0.492 e. The number of ether oxygens (including phenoxy) is 1. The maximum atomic E-state index is 12.2. The number of nitrogens with zero attached hydrogens (tertiary/aromatic N) is 1. The Balaban J connectivity index is 0.00000220. The van der Waals surface area contributed by atoms with Crippen LogP contribution < -0.4 is 10.1 Å². The highest BCUT2D eigenvalue weighted by molar-refractivity contribution is 6.30. The molecule has 1 aromatic carbocycles. The number of hydrogen-bond acceptors (Lipinski definition) is 3. The first-order valence-corrected chi connectivity index (χ1v) is 7.41. The number of likely N-dealkylation sites (N-methyl/N-ethyl adjacent to an activating group) is 1. The van der Waals surface area contributed by atoms with E-state index in [0.717, 1.165) is 31.6 Å². The average molecular weight is 333 g/mol. The molecule has 0 aromatic heterocycles. The minimum atomic E-state index is -0.0238. The summed E-state index contributed by atoms with van der Waals surface area (Å²) < 4.78 is 5.60. The van der Waals surface area contributed by atoms with Crippen molar-refractivity contribution >= 4 is 29.9 Å². The van der Waals surface area contributed by atoms with Crippen molar-refractivity contribution in [3.05, 3.63) is 29.3 Å². The summed E-state index contributed by atoms with van der Waals surface area (Å²) in [6, 6.07) is 7.21. The molecule has 0 bridgehead atoms. The van der Waals surface area contributed by atoms with E-state index in [0.29, 0.717) is 18.2 Å². The van der Waals surface area contributed by atoms with Gasteiger partial charge < -0.3 is 15.0 Å². The predicted molar refractivity (Wildman–Crippen MR) is 87.5 cm³/mol. The van der Waals surface area contributed by atoms with Gasteiger partial charge in [0.1, 0.15) is 12.4 Å². The molecule has 1 aliphatic rings. The van der Waals surface area contributed by atoms with Crippen LogP contribution in [-0.2, 0) is 4.79 Å². The number of amides is 1. The molecule has 21 heavy (non-hydrogen) atoms. The fourth-order valence-electron chi connectivity index (χ4n) is 2.27. The first-order valence-electron chi connectivity index (χ1n) is 7.03. The van der Waals surface area contributed by atoms with Crippen LogP contribution in [0.5, 0.6) is 5.75 Å². The van der Waals surface area contributed by atoms with Crippen LogP contribution in [0.3, 0.4) is 0 Å². The lowest BCUT2D eigenvalue weighted by Gasteiger charge is -2.27. The Bertz CT molecular complexity index is 434. The van der Waals surface area contributed by atoms with Gasteiger partial charge in [0, 0.05) is 12.1 Å². The Hall–Kier alpha value is -0.970. The Kier molecular flexibility index (Phi) is 7.86. The summed E-state index contributed by atoms with van der Waals surface area (Å²) >= 11 is 5.81. The second-order valence-electron chi connectivity index (χ2n) is 5.06. The summed E-state index contributed by atoms with van der Waals surface area (Å²) in [4.78, 5) is 13.9. The Morgan fingerprint density at radius 2 is 2.10 bits per heavy atom. The topological polar surface area (TPSA) is 41.6 Å². The summed E-state index contributed by atoms with van der Waals surface area (Å²) in [7, 11) is 1.82. The molecule has 1 unspecified atom stereocenters. The third-order valence-corrected chi connectivity index (χ3v) is 3.75. The second kappa shape index (κ2) is 9.13. The van der Waals surface area contributed by atoms with E-state index >= 15 is 0 Å². The maximum Gasteiger partial charge on any atom is 0.239 e. The van der Waals surface area contributed by atoms with Gasteiger partial charge in [-0.05, 0) is 43.7 Å². The van der Waals surface area contributed by atoms with E-state index in [4.69, 9.17) is 16.3 Å². The molecule has 0 aliphatic carbocycles. The zero-order valence-electron chi connectivity index (χ0n) is 12.2. The number of halogens is 2. The lowest BCUT2D eigenvalue weighted by Crippen LogP contribution is -2.48. The maximum absolute atomic E-state index is 12.2. The zero-order chi connectivity index (χ0) is 14.4. The molecule has 1 N–H and O–H groups in total. The SMILES string of the molecule is CN(CCOc1ccc(Cl)cc1)C(=O)C1CCCCN1.Cl. The van der Waals surface area contributed by atoms with Crippen molar-refractivity contribution in [2.45, 2.75) is 25.3 Å². The third kappa shape index (κ3) is 5.73. The molecule has 118 valence electrons. The number of carbonyl (C=O) groups excluding carboxylic acids is 1. The van der Waals surface area contributed by atoms with Gasteiger partial charge in [0.25, 0.3) is 0 Å². The number of nitrogens with one attached hydrogen (secondary N) is 1. The van der Waals surface area contributed by atoms with Gasteiger partial charge in [0.15, 0.2) is 0 Å². The van der Waals surface area contributed by atoms with Gasteiger partial charge >= 0.3 is 0 Å². The van der Waals surface area contributed by atoms with Gasteiger partial charge in [0.05, 0.1) is 12.6 Å². The van der Waals surface area contributed by atoms with Gasteiger partial charge in [-0.15, -0.1) is 12.4 Å². The summed E-state index contributed by atoms with van der Waals surface area (Å²) in [6.07, 6.45) is 3.22. The van der Waals surface area contributed by atoms with Gasteiger partial charge in [-0.1, -0.05) is 18.0 Å². The van der Waals surface area contributed by atoms with Crippen LogP contribution in [0.15, 0.2) is 24.3 Å². The molecular formula is C15H22Cl2N2O2. The van der Waals surface area contributed by atoms with E-state index in [-0.39, 0.29) is 24.4 Å². The zero-order valence-corrected chi connectivity index (χ0v) is 13.8. The summed E-state index contributed by atoms with van der Waals surface area (Å²) in [5, 5.41) is 3.96. The Morgan fingerprint density at radius 3 is 2.71 bits per heavy atom. The highest BCUT2D eigenvalue weighted by atomic mass is 35.5. The normalized spacial score (nSPS) is 17.7. The number of hydrogen-bond donors (Lipinski definition) is 1. The molecule has 1 atom stereocenters. The Labute approximate surface area is 137 Å². The molecule has 0 spiro atoms. The van der Waals surface area contributed by atoms with E-state index in [9.17, 15) is 4.79 Å². The Morgan fingerprint density at radius 1 is 1.38 bits per heavy atom. The fraction of sp³-hybridized carbons (Fsp3) is 0.533. The van der Waals surface area contributed by atoms with Gasteiger partial charge in [-0.3, -0.25) is 4.79 Å². The van der Waals surface area contributed by atoms with Crippen LogP contribution >= 0.6 is 24.0 Å². The molecule has 2 rings (SSSR count). The molecule has 0 saturated carbocycles. The molecule has 1 amide bonds. The van der Waals surface area contributed by atoms with Crippen molar-refractivity contribution in [1.29, 1.82) is 0 Å². The number of carbonyl (C=O) groups is 1. The second-order valence-corrected chi connectivity index (χ2v) is 5.50. The minimum absolute atomic E-state index is 0. The van der Waals surface area contributed by atoms with Gasteiger partial charge in [0.2, 0.25) is 5.91 Å². The smallest absolute Gasteiger partial charge is 0.239 e. The first kappa shape index (κ1) is 18.1. The third-order valence-electron chi connectivity index (χ3n) is 3.49. The molecule has 0 radical (unpaired) electrons. The van der Waals surface area contributed by atoms with Gasteiger partial charge in [-0.2, -0.15) is 0 Å². The van der Waals surface area contributed by atoms with Crippen molar-refractivity contribution in [2.24, 2.45) is 0 Å².